The second-order valence-electron chi connectivity index (χ2n) is 3.52. The molecule has 0 saturated carbocycles. The van der Waals surface area contributed by atoms with Crippen LogP contribution in [0.2, 0.25) is 0 Å². The Balaban J connectivity index is 2.21. The van der Waals surface area contributed by atoms with Gasteiger partial charge in [-0.1, -0.05) is 11.8 Å². The minimum absolute atomic E-state index is 0.285. The summed E-state index contributed by atoms with van der Waals surface area (Å²) in [7, 11) is 0. The average molecular weight is 268 g/mol. The number of ether oxygens (including phenoxy) is 1. The Morgan fingerprint density at radius 3 is 3.11 bits per heavy atom. The van der Waals surface area contributed by atoms with E-state index in [1.807, 2.05) is 0 Å². The molecule has 2 aromatic heterocycles. The van der Waals surface area contributed by atoms with Gasteiger partial charge >= 0.3 is 5.97 Å². The number of nitrogens with zero attached hydrogens (tertiary/aromatic N) is 2. The number of carbonyl (C=O) groups is 1. The van der Waals surface area contributed by atoms with Crippen LogP contribution in [-0.2, 0) is 9.53 Å². The summed E-state index contributed by atoms with van der Waals surface area (Å²) >= 11 is 1.14. The number of rotatable bonds is 4. The minimum atomic E-state index is -0.437. The van der Waals surface area contributed by atoms with Crippen molar-refractivity contribution < 1.29 is 9.53 Å². The van der Waals surface area contributed by atoms with E-state index in [-0.39, 0.29) is 11.5 Å². The van der Waals surface area contributed by atoms with Crippen molar-refractivity contribution >= 4 is 28.8 Å². The smallest absolute Gasteiger partial charge is 0.319 e. The van der Waals surface area contributed by atoms with Gasteiger partial charge in [0, 0.05) is 0 Å². The van der Waals surface area contributed by atoms with Crippen LogP contribution in [-0.4, -0.2) is 38.0 Å². The van der Waals surface area contributed by atoms with Crippen molar-refractivity contribution in [1.29, 1.82) is 0 Å². The summed E-state index contributed by atoms with van der Waals surface area (Å²) in [6, 6.07) is 0. The largest absolute Gasteiger partial charge is 0.465 e. The molecule has 1 atom stereocenters. The standard InChI is InChI=1S/C10H12N4O3S/c1-3-17-9(16)5(2)18-10-12-7-6(4-11-14-7)8(15)13-10/h4-5H,3H2,1-2H3,(H2,11,12,13,14,15)/t5-/m1/s1. The molecule has 0 bridgehead atoms. The number of fused-ring (bicyclic) bond motifs is 1. The van der Waals surface area contributed by atoms with Crippen molar-refractivity contribution in [2.45, 2.75) is 24.3 Å². The van der Waals surface area contributed by atoms with E-state index in [1.54, 1.807) is 13.8 Å². The van der Waals surface area contributed by atoms with Crippen molar-refractivity contribution in [1.82, 2.24) is 20.2 Å². The van der Waals surface area contributed by atoms with E-state index in [0.717, 1.165) is 11.8 Å². The van der Waals surface area contributed by atoms with E-state index in [2.05, 4.69) is 20.2 Å². The zero-order chi connectivity index (χ0) is 13.1. The Labute approximate surface area is 106 Å². The van der Waals surface area contributed by atoms with Gasteiger partial charge in [0.05, 0.1) is 12.8 Å². The van der Waals surface area contributed by atoms with Gasteiger partial charge in [0.2, 0.25) is 0 Å². The summed E-state index contributed by atoms with van der Waals surface area (Å²) in [4.78, 5) is 29.9. The molecule has 18 heavy (non-hydrogen) atoms. The van der Waals surface area contributed by atoms with Crippen LogP contribution in [0.5, 0.6) is 0 Å². The van der Waals surface area contributed by atoms with Crippen molar-refractivity contribution in [3.05, 3.63) is 16.6 Å². The Kier molecular flexibility index (Phi) is 3.66. The summed E-state index contributed by atoms with van der Waals surface area (Å²) < 4.78 is 4.88. The molecule has 0 spiro atoms. The van der Waals surface area contributed by atoms with Gasteiger partial charge in [0.1, 0.15) is 10.6 Å². The molecule has 0 radical (unpaired) electrons. The van der Waals surface area contributed by atoms with Gasteiger partial charge in [-0.3, -0.25) is 14.7 Å². The number of hydrogen-bond acceptors (Lipinski definition) is 6. The molecule has 0 unspecified atom stereocenters. The average Bonchev–Trinajstić information content (AvgIpc) is 2.77. The number of esters is 1. The number of carbonyl (C=O) groups excluding carboxylic acids is 1. The van der Waals surface area contributed by atoms with Crippen LogP contribution < -0.4 is 5.56 Å². The quantitative estimate of drug-likeness (QED) is 0.480. The van der Waals surface area contributed by atoms with Crippen LogP contribution in [0.15, 0.2) is 16.1 Å². The highest BCUT2D eigenvalue weighted by Crippen LogP contribution is 2.20. The molecule has 0 aromatic carbocycles. The molecule has 0 aliphatic rings. The maximum absolute atomic E-state index is 11.7. The molecule has 96 valence electrons. The first-order chi connectivity index (χ1) is 8.61. The van der Waals surface area contributed by atoms with E-state index >= 15 is 0 Å². The molecule has 0 fully saturated rings. The second-order valence-corrected chi connectivity index (χ2v) is 4.84. The highest BCUT2D eigenvalue weighted by atomic mass is 32.2. The van der Waals surface area contributed by atoms with E-state index < -0.39 is 5.25 Å². The number of nitrogens with one attached hydrogen (secondary N) is 2. The lowest BCUT2D eigenvalue weighted by molar-refractivity contribution is -0.142. The van der Waals surface area contributed by atoms with Crippen molar-refractivity contribution in [2.24, 2.45) is 0 Å². The van der Waals surface area contributed by atoms with Gasteiger partial charge in [-0.25, -0.2) is 4.98 Å². The van der Waals surface area contributed by atoms with Gasteiger partial charge in [-0.2, -0.15) is 5.10 Å². The van der Waals surface area contributed by atoms with Crippen LogP contribution >= 0.6 is 11.8 Å². The molecule has 7 nitrogen and oxygen atoms in total. The monoisotopic (exact) mass is 268 g/mol. The van der Waals surface area contributed by atoms with Crippen LogP contribution in [0.3, 0.4) is 0 Å². The number of aromatic amines is 2. The molecular formula is C10H12N4O3S. The fraction of sp³-hybridized carbons (Fsp3) is 0.400. The highest BCUT2D eigenvalue weighted by Gasteiger charge is 2.17. The van der Waals surface area contributed by atoms with Gasteiger partial charge < -0.3 is 9.72 Å². The van der Waals surface area contributed by atoms with Gasteiger partial charge in [-0.05, 0) is 13.8 Å². The topological polar surface area (TPSA) is 101 Å². The SMILES string of the molecule is CCOC(=O)[C@@H](C)Sc1nc2[nH]ncc2c(=O)[nH]1. The van der Waals surface area contributed by atoms with Crippen LogP contribution in [0.4, 0.5) is 0 Å². The lowest BCUT2D eigenvalue weighted by Gasteiger charge is -2.08. The molecule has 0 aliphatic carbocycles. The number of hydrogen-bond donors (Lipinski definition) is 2. The van der Waals surface area contributed by atoms with Crippen molar-refractivity contribution in [2.75, 3.05) is 6.61 Å². The van der Waals surface area contributed by atoms with Crippen LogP contribution in [0.1, 0.15) is 13.8 Å². The van der Waals surface area contributed by atoms with E-state index in [0.29, 0.717) is 22.8 Å². The molecule has 8 heteroatoms. The van der Waals surface area contributed by atoms with Gasteiger partial charge in [0.25, 0.3) is 5.56 Å². The highest BCUT2D eigenvalue weighted by molar-refractivity contribution is 8.00. The van der Waals surface area contributed by atoms with Gasteiger partial charge in [0.15, 0.2) is 10.8 Å². The maximum Gasteiger partial charge on any atom is 0.319 e. The molecular weight excluding hydrogens is 256 g/mol. The fourth-order valence-electron chi connectivity index (χ4n) is 1.36. The van der Waals surface area contributed by atoms with Gasteiger partial charge in [-0.15, -0.1) is 0 Å². The normalized spacial score (nSPS) is 12.6. The van der Waals surface area contributed by atoms with Crippen molar-refractivity contribution in [3.8, 4) is 0 Å². The molecule has 0 amide bonds. The molecule has 2 N–H and O–H groups in total. The Bertz CT molecular complexity index is 621. The molecule has 2 rings (SSSR count). The third-order valence-electron chi connectivity index (χ3n) is 2.20. The van der Waals surface area contributed by atoms with E-state index in [4.69, 9.17) is 4.74 Å². The van der Waals surface area contributed by atoms with E-state index in [9.17, 15) is 9.59 Å². The van der Waals surface area contributed by atoms with Crippen molar-refractivity contribution in [3.63, 3.8) is 0 Å². The zero-order valence-electron chi connectivity index (χ0n) is 9.89. The Morgan fingerprint density at radius 1 is 1.61 bits per heavy atom. The number of aromatic nitrogens is 4. The fourth-order valence-corrected chi connectivity index (χ4v) is 2.15. The van der Waals surface area contributed by atoms with E-state index in [1.165, 1.54) is 6.20 Å². The minimum Gasteiger partial charge on any atom is -0.465 e. The first kappa shape index (κ1) is 12.6. The molecule has 2 heterocycles. The molecule has 0 saturated heterocycles. The lowest BCUT2D eigenvalue weighted by atomic mass is 10.4. The summed E-state index contributed by atoms with van der Waals surface area (Å²) in [5.74, 6) is -0.338. The maximum atomic E-state index is 11.7. The third kappa shape index (κ3) is 2.53. The van der Waals surface area contributed by atoms with Crippen LogP contribution in [0, 0.1) is 0 Å². The number of thioether (sulfide) groups is 1. The molecule has 2 aromatic rings. The first-order valence-electron chi connectivity index (χ1n) is 5.38. The molecule has 0 aliphatic heterocycles. The summed E-state index contributed by atoms with van der Waals surface area (Å²) in [5, 5.41) is 6.67. The Morgan fingerprint density at radius 2 is 2.39 bits per heavy atom. The Hall–Kier alpha value is -1.83. The first-order valence-corrected chi connectivity index (χ1v) is 6.26. The second kappa shape index (κ2) is 5.21. The summed E-state index contributed by atoms with van der Waals surface area (Å²) in [6.45, 7) is 3.76. The zero-order valence-corrected chi connectivity index (χ0v) is 10.7. The predicted octanol–water partition coefficient (Wildman–Crippen LogP) is 0.690. The predicted molar refractivity (Wildman–Crippen MR) is 66.5 cm³/mol. The van der Waals surface area contributed by atoms with Crippen LogP contribution in [0.25, 0.3) is 11.0 Å². The summed E-state index contributed by atoms with van der Waals surface area (Å²) in [5.41, 5.74) is 0.115. The number of H-pyrrole nitrogens is 2. The summed E-state index contributed by atoms with van der Waals surface area (Å²) in [6.07, 6.45) is 1.41. The lowest BCUT2D eigenvalue weighted by Crippen LogP contribution is -2.18. The third-order valence-corrected chi connectivity index (χ3v) is 3.17.